The second kappa shape index (κ2) is 11.1. The van der Waals surface area contributed by atoms with E-state index >= 15 is 0 Å². The smallest absolute Gasteiger partial charge is 0.261 e. The second-order valence-corrected chi connectivity index (χ2v) is 6.25. The molecule has 0 heterocycles. The van der Waals surface area contributed by atoms with Crippen LogP contribution in [0.3, 0.4) is 0 Å². The molecule has 1 N–H and O–H groups in total. The molecule has 152 valence electrons. The third-order valence-electron chi connectivity index (χ3n) is 4.39. The van der Waals surface area contributed by atoms with Crippen molar-refractivity contribution in [3.8, 4) is 23.0 Å². The number of rotatable bonds is 11. The van der Waals surface area contributed by atoms with Crippen LogP contribution in [0.4, 0.5) is 0 Å². The van der Waals surface area contributed by atoms with Crippen molar-refractivity contribution in [2.75, 3.05) is 27.9 Å². The van der Waals surface area contributed by atoms with E-state index < -0.39 is 6.10 Å². The fraction of sp³-hybridized carbons (Fsp3) is 0.409. The van der Waals surface area contributed by atoms with E-state index in [-0.39, 0.29) is 5.91 Å². The molecule has 0 unspecified atom stereocenters. The second-order valence-electron chi connectivity index (χ2n) is 6.25. The zero-order chi connectivity index (χ0) is 20.4. The van der Waals surface area contributed by atoms with Gasteiger partial charge in [0.15, 0.2) is 29.1 Å². The number of amides is 1. The molecule has 28 heavy (non-hydrogen) atoms. The third-order valence-corrected chi connectivity index (χ3v) is 4.39. The fourth-order valence-corrected chi connectivity index (χ4v) is 2.85. The summed E-state index contributed by atoms with van der Waals surface area (Å²) < 4.78 is 21.7. The van der Waals surface area contributed by atoms with Crippen LogP contribution in [0.1, 0.15) is 25.3 Å². The van der Waals surface area contributed by atoms with Crippen LogP contribution in [-0.2, 0) is 11.2 Å². The van der Waals surface area contributed by atoms with Gasteiger partial charge in [0.2, 0.25) is 0 Å². The van der Waals surface area contributed by atoms with Gasteiger partial charge in [-0.15, -0.1) is 0 Å². The quantitative estimate of drug-likeness (QED) is 0.597. The molecule has 0 fully saturated rings. The summed E-state index contributed by atoms with van der Waals surface area (Å²) in [6, 6.07) is 13.2. The Morgan fingerprint density at radius 1 is 0.929 bits per heavy atom. The van der Waals surface area contributed by atoms with Crippen molar-refractivity contribution in [3.63, 3.8) is 0 Å². The van der Waals surface area contributed by atoms with Gasteiger partial charge >= 0.3 is 0 Å². The largest absolute Gasteiger partial charge is 0.493 e. The number of hydrogen-bond donors (Lipinski definition) is 1. The lowest BCUT2D eigenvalue weighted by Gasteiger charge is -2.18. The molecule has 0 aliphatic carbocycles. The van der Waals surface area contributed by atoms with Gasteiger partial charge < -0.3 is 24.3 Å². The number of para-hydroxylation sites is 2. The van der Waals surface area contributed by atoms with Gasteiger partial charge in [-0.2, -0.15) is 0 Å². The lowest BCUT2D eigenvalue weighted by atomic mass is 10.1. The van der Waals surface area contributed by atoms with E-state index in [2.05, 4.69) is 5.32 Å². The van der Waals surface area contributed by atoms with Gasteiger partial charge in [0.25, 0.3) is 5.91 Å². The molecule has 0 aliphatic rings. The van der Waals surface area contributed by atoms with Crippen LogP contribution in [0.15, 0.2) is 42.5 Å². The first-order chi connectivity index (χ1) is 13.6. The Morgan fingerprint density at radius 2 is 1.57 bits per heavy atom. The van der Waals surface area contributed by atoms with E-state index in [1.807, 2.05) is 43.3 Å². The van der Waals surface area contributed by atoms with E-state index in [9.17, 15) is 4.79 Å². The van der Waals surface area contributed by atoms with E-state index in [0.29, 0.717) is 36.0 Å². The molecule has 0 saturated heterocycles. The number of methoxy groups -OCH3 is 3. The number of ether oxygens (including phenoxy) is 4. The fourth-order valence-electron chi connectivity index (χ4n) is 2.85. The predicted molar refractivity (Wildman–Crippen MR) is 109 cm³/mol. The highest BCUT2D eigenvalue weighted by Gasteiger charge is 2.19. The van der Waals surface area contributed by atoms with Crippen molar-refractivity contribution in [2.24, 2.45) is 0 Å². The van der Waals surface area contributed by atoms with Gasteiger partial charge in [-0.25, -0.2) is 0 Å². The Hall–Kier alpha value is -2.89. The van der Waals surface area contributed by atoms with E-state index in [4.69, 9.17) is 18.9 Å². The molecule has 2 rings (SSSR count). The SMILES string of the molecule is CC[C@@H](Oc1ccccc1OC)C(=O)NCCCc1ccc(OC)c(OC)c1. The Morgan fingerprint density at radius 3 is 2.21 bits per heavy atom. The molecule has 6 nitrogen and oxygen atoms in total. The molecule has 2 aromatic rings. The summed E-state index contributed by atoms with van der Waals surface area (Å²) in [7, 11) is 4.82. The number of benzene rings is 2. The molecule has 2 aromatic carbocycles. The van der Waals surface area contributed by atoms with Gasteiger partial charge in [0.05, 0.1) is 21.3 Å². The highest BCUT2D eigenvalue weighted by molar-refractivity contribution is 5.81. The standard InChI is InChI=1S/C22H29NO5/c1-5-17(28-20-11-7-6-10-18(20)25-2)22(24)23-14-8-9-16-12-13-19(26-3)21(15-16)27-4/h6-7,10-13,15,17H,5,8-9,14H2,1-4H3,(H,23,24)/t17-/m1/s1. The van der Waals surface area contributed by atoms with Gasteiger partial charge in [-0.3, -0.25) is 4.79 Å². The van der Waals surface area contributed by atoms with Crippen LogP contribution in [0, 0.1) is 0 Å². The topological polar surface area (TPSA) is 66.0 Å². The number of carbonyl (C=O) groups is 1. The van der Waals surface area contributed by atoms with E-state index in [0.717, 1.165) is 18.4 Å². The minimum Gasteiger partial charge on any atom is -0.493 e. The molecule has 0 aliphatic heterocycles. The highest BCUT2D eigenvalue weighted by atomic mass is 16.5. The Kier molecular flexibility index (Phi) is 8.46. The van der Waals surface area contributed by atoms with Crippen molar-refractivity contribution in [1.82, 2.24) is 5.32 Å². The number of carbonyl (C=O) groups excluding carboxylic acids is 1. The van der Waals surface area contributed by atoms with Crippen LogP contribution in [0.2, 0.25) is 0 Å². The molecule has 0 bridgehead atoms. The monoisotopic (exact) mass is 387 g/mol. The van der Waals surface area contributed by atoms with E-state index in [1.165, 1.54) is 0 Å². The molecule has 0 radical (unpaired) electrons. The first-order valence-corrected chi connectivity index (χ1v) is 9.41. The molecular weight excluding hydrogens is 358 g/mol. The summed E-state index contributed by atoms with van der Waals surface area (Å²) in [6.07, 6.45) is 1.65. The summed E-state index contributed by atoms with van der Waals surface area (Å²) in [5.74, 6) is 2.47. The lowest BCUT2D eigenvalue weighted by Crippen LogP contribution is -2.38. The predicted octanol–water partition coefficient (Wildman–Crippen LogP) is 3.62. The molecule has 1 atom stereocenters. The average Bonchev–Trinajstić information content (AvgIpc) is 2.74. The molecule has 0 spiro atoms. The normalized spacial score (nSPS) is 11.4. The van der Waals surface area contributed by atoms with Gasteiger partial charge in [-0.1, -0.05) is 25.1 Å². The Bertz CT molecular complexity index is 762. The van der Waals surface area contributed by atoms with Gasteiger partial charge in [-0.05, 0) is 49.1 Å². The van der Waals surface area contributed by atoms with Crippen LogP contribution in [0.5, 0.6) is 23.0 Å². The maximum absolute atomic E-state index is 12.5. The summed E-state index contributed by atoms with van der Waals surface area (Å²) in [4.78, 5) is 12.5. The van der Waals surface area contributed by atoms with Crippen molar-refractivity contribution in [2.45, 2.75) is 32.3 Å². The van der Waals surface area contributed by atoms with Crippen molar-refractivity contribution >= 4 is 5.91 Å². The van der Waals surface area contributed by atoms with E-state index in [1.54, 1.807) is 27.4 Å². The Balaban J connectivity index is 1.83. The van der Waals surface area contributed by atoms with Gasteiger partial charge in [0.1, 0.15) is 0 Å². The van der Waals surface area contributed by atoms with Crippen LogP contribution in [-0.4, -0.2) is 39.9 Å². The minimum atomic E-state index is -0.558. The van der Waals surface area contributed by atoms with Crippen LogP contribution in [0.25, 0.3) is 0 Å². The molecule has 6 heteroatoms. The minimum absolute atomic E-state index is 0.124. The number of aryl methyl sites for hydroxylation is 1. The number of nitrogens with one attached hydrogen (secondary N) is 1. The first kappa shape index (κ1) is 21.4. The summed E-state index contributed by atoms with van der Waals surface area (Å²) in [6.45, 7) is 2.49. The molecule has 0 aromatic heterocycles. The zero-order valence-electron chi connectivity index (χ0n) is 17.0. The van der Waals surface area contributed by atoms with Crippen LogP contribution < -0.4 is 24.3 Å². The van der Waals surface area contributed by atoms with Crippen LogP contribution >= 0.6 is 0 Å². The van der Waals surface area contributed by atoms with Crippen molar-refractivity contribution in [1.29, 1.82) is 0 Å². The highest BCUT2D eigenvalue weighted by Crippen LogP contribution is 2.28. The third kappa shape index (κ3) is 5.81. The maximum Gasteiger partial charge on any atom is 0.261 e. The maximum atomic E-state index is 12.5. The number of hydrogen-bond acceptors (Lipinski definition) is 5. The Labute approximate surface area is 166 Å². The van der Waals surface area contributed by atoms with Gasteiger partial charge in [0, 0.05) is 6.54 Å². The average molecular weight is 387 g/mol. The first-order valence-electron chi connectivity index (χ1n) is 9.41. The van der Waals surface area contributed by atoms with Crippen molar-refractivity contribution in [3.05, 3.63) is 48.0 Å². The molecule has 1 amide bonds. The molecular formula is C22H29NO5. The summed E-state index contributed by atoms with van der Waals surface area (Å²) in [5, 5.41) is 2.95. The zero-order valence-corrected chi connectivity index (χ0v) is 17.0. The molecule has 0 saturated carbocycles. The summed E-state index contributed by atoms with van der Waals surface area (Å²) in [5.41, 5.74) is 1.13. The van der Waals surface area contributed by atoms with Crippen molar-refractivity contribution < 1.29 is 23.7 Å². The summed E-state index contributed by atoms with van der Waals surface area (Å²) >= 11 is 0. The lowest BCUT2D eigenvalue weighted by molar-refractivity contribution is -0.128.